The molecule has 4 nitrogen and oxygen atoms in total. The van der Waals surface area contributed by atoms with Crippen molar-refractivity contribution in [2.75, 3.05) is 5.75 Å². The number of hydrazone groups is 1. The zero-order valence-electron chi connectivity index (χ0n) is 11.4. The van der Waals surface area contributed by atoms with Gasteiger partial charge in [0.25, 0.3) is 0 Å². The van der Waals surface area contributed by atoms with Gasteiger partial charge in [0.05, 0.1) is 12.0 Å². The Morgan fingerprint density at radius 3 is 2.57 bits per heavy atom. The van der Waals surface area contributed by atoms with E-state index in [2.05, 4.69) is 10.5 Å². The number of nitrogens with zero attached hydrogens (tertiary/aromatic N) is 1. The second kappa shape index (κ2) is 8.11. The Bertz CT molecular complexity index is 597. The first-order valence-electron chi connectivity index (χ1n) is 6.46. The Kier molecular flexibility index (Phi) is 5.84. The third-order valence-electron chi connectivity index (χ3n) is 2.64. The third kappa shape index (κ3) is 5.71. The van der Waals surface area contributed by atoms with Gasteiger partial charge in [-0.15, -0.1) is 11.8 Å². The molecule has 2 N–H and O–H groups in total. The summed E-state index contributed by atoms with van der Waals surface area (Å²) in [6.45, 7) is 0. The fraction of sp³-hybridized carbons (Fsp3) is 0.125. The van der Waals surface area contributed by atoms with Crippen LogP contribution in [-0.4, -0.2) is 23.0 Å². The number of carbonyl (C=O) groups is 1. The largest absolute Gasteiger partial charge is 0.508 e. The normalized spacial score (nSPS) is 10.7. The molecule has 1 amide bonds. The summed E-state index contributed by atoms with van der Waals surface area (Å²) in [6.07, 6.45) is 1.54. The molecule has 0 fully saturated rings. The van der Waals surface area contributed by atoms with Gasteiger partial charge < -0.3 is 5.11 Å². The third-order valence-corrected chi connectivity index (χ3v) is 3.64. The van der Waals surface area contributed by atoms with Crippen LogP contribution in [0, 0.1) is 0 Å². The molecular weight excluding hydrogens is 284 g/mol. The average molecular weight is 300 g/mol. The minimum Gasteiger partial charge on any atom is -0.508 e. The zero-order chi connectivity index (χ0) is 14.9. The van der Waals surface area contributed by atoms with Gasteiger partial charge in [0, 0.05) is 5.75 Å². The van der Waals surface area contributed by atoms with Crippen molar-refractivity contribution in [3.05, 3.63) is 65.7 Å². The van der Waals surface area contributed by atoms with E-state index in [1.165, 1.54) is 5.56 Å². The summed E-state index contributed by atoms with van der Waals surface area (Å²) in [5.74, 6) is 1.23. The van der Waals surface area contributed by atoms with Crippen LogP contribution in [0.2, 0.25) is 0 Å². The van der Waals surface area contributed by atoms with Crippen molar-refractivity contribution in [3.63, 3.8) is 0 Å². The summed E-state index contributed by atoms with van der Waals surface area (Å²) < 4.78 is 0. The van der Waals surface area contributed by atoms with E-state index in [0.29, 0.717) is 5.75 Å². The van der Waals surface area contributed by atoms with E-state index in [1.807, 2.05) is 30.3 Å². The highest BCUT2D eigenvalue weighted by Crippen LogP contribution is 2.11. The molecule has 0 saturated carbocycles. The van der Waals surface area contributed by atoms with E-state index in [0.717, 1.165) is 11.3 Å². The lowest BCUT2D eigenvalue weighted by molar-refractivity contribution is -0.118. The standard InChI is InChI=1S/C16H16N2O2S/c19-15-8-6-13(7-9-15)10-17-18-16(20)12-21-11-14-4-2-1-3-5-14/h1-10,19H,11-12H2,(H,18,20). The number of carbonyl (C=O) groups excluding carboxylic acids is 1. The first-order valence-corrected chi connectivity index (χ1v) is 7.62. The molecule has 2 aromatic carbocycles. The second-order valence-electron chi connectivity index (χ2n) is 4.36. The van der Waals surface area contributed by atoms with Crippen LogP contribution in [0.15, 0.2) is 59.7 Å². The Hall–Kier alpha value is -2.27. The summed E-state index contributed by atoms with van der Waals surface area (Å²) >= 11 is 1.54. The number of benzene rings is 2. The predicted molar refractivity (Wildman–Crippen MR) is 86.4 cm³/mol. The number of nitrogens with one attached hydrogen (secondary N) is 1. The molecule has 108 valence electrons. The van der Waals surface area contributed by atoms with Crippen molar-refractivity contribution in [3.8, 4) is 5.75 Å². The van der Waals surface area contributed by atoms with E-state index in [4.69, 9.17) is 5.11 Å². The zero-order valence-corrected chi connectivity index (χ0v) is 12.2. The number of phenols is 1. The maximum atomic E-state index is 11.6. The fourth-order valence-corrected chi connectivity index (χ4v) is 2.39. The highest BCUT2D eigenvalue weighted by Gasteiger charge is 2.00. The van der Waals surface area contributed by atoms with Gasteiger partial charge in [-0.05, 0) is 35.4 Å². The molecule has 21 heavy (non-hydrogen) atoms. The van der Waals surface area contributed by atoms with Crippen LogP contribution in [-0.2, 0) is 10.5 Å². The van der Waals surface area contributed by atoms with E-state index in [-0.39, 0.29) is 11.7 Å². The second-order valence-corrected chi connectivity index (χ2v) is 5.35. The van der Waals surface area contributed by atoms with Gasteiger partial charge in [0.15, 0.2) is 0 Å². The maximum Gasteiger partial charge on any atom is 0.250 e. The number of phenolic OH excluding ortho intramolecular Hbond substituents is 1. The molecule has 0 aliphatic rings. The van der Waals surface area contributed by atoms with E-state index in [9.17, 15) is 4.79 Å². The molecule has 0 aliphatic carbocycles. The Labute approximate surface area is 127 Å². The summed E-state index contributed by atoms with van der Waals surface area (Å²) in [4.78, 5) is 11.6. The van der Waals surface area contributed by atoms with E-state index in [1.54, 1.807) is 42.2 Å². The first-order chi connectivity index (χ1) is 10.2. The van der Waals surface area contributed by atoms with Crippen LogP contribution >= 0.6 is 11.8 Å². The maximum absolute atomic E-state index is 11.6. The number of rotatable bonds is 6. The number of aromatic hydroxyl groups is 1. The minimum atomic E-state index is -0.133. The first kappa shape index (κ1) is 15.1. The Morgan fingerprint density at radius 1 is 1.14 bits per heavy atom. The number of thioether (sulfide) groups is 1. The highest BCUT2D eigenvalue weighted by molar-refractivity contribution is 7.99. The molecule has 0 spiro atoms. The lowest BCUT2D eigenvalue weighted by Crippen LogP contribution is -2.19. The van der Waals surface area contributed by atoms with E-state index >= 15 is 0 Å². The van der Waals surface area contributed by atoms with Crippen LogP contribution < -0.4 is 5.43 Å². The van der Waals surface area contributed by atoms with Gasteiger partial charge in [-0.2, -0.15) is 5.10 Å². The van der Waals surface area contributed by atoms with Crippen LogP contribution in [0.3, 0.4) is 0 Å². The highest BCUT2D eigenvalue weighted by atomic mass is 32.2. The minimum absolute atomic E-state index is 0.133. The molecule has 5 heteroatoms. The van der Waals surface area contributed by atoms with Gasteiger partial charge >= 0.3 is 0 Å². The lowest BCUT2D eigenvalue weighted by atomic mass is 10.2. The molecule has 0 heterocycles. The van der Waals surface area contributed by atoms with Crippen molar-refractivity contribution < 1.29 is 9.90 Å². The number of hydrogen-bond donors (Lipinski definition) is 2. The van der Waals surface area contributed by atoms with Crippen LogP contribution in [0.5, 0.6) is 5.75 Å². The Morgan fingerprint density at radius 2 is 1.86 bits per heavy atom. The van der Waals surface area contributed by atoms with Crippen molar-refractivity contribution in [2.24, 2.45) is 5.10 Å². The molecule has 0 saturated heterocycles. The van der Waals surface area contributed by atoms with Crippen molar-refractivity contribution in [1.82, 2.24) is 5.43 Å². The molecule has 2 rings (SSSR count). The molecule has 0 atom stereocenters. The van der Waals surface area contributed by atoms with Gasteiger partial charge in [-0.25, -0.2) is 5.43 Å². The topological polar surface area (TPSA) is 61.7 Å². The molecule has 0 aromatic heterocycles. The van der Waals surface area contributed by atoms with Crippen LogP contribution in [0.4, 0.5) is 0 Å². The average Bonchev–Trinajstić information content (AvgIpc) is 2.50. The predicted octanol–water partition coefficient (Wildman–Crippen LogP) is 2.78. The molecule has 0 radical (unpaired) electrons. The van der Waals surface area contributed by atoms with Crippen molar-refractivity contribution in [1.29, 1.82) is 0 Å². The number of hydrogen-bond acceptors (Lipinski definition) is 4. The van der Waals surface area contributed by atoms with Gasteiger partial charge in [0.1, 0.15) is 5.75 Å². The lowest BCUT2D eigenvalue weighted by Gasteiger charge is -2.01. The molecule has 0 aliphatic heterocycles. The molecule has 2 aromatic rings. The monoisotopic (exact) mass is 300 g/mol. The molecule has 0 bridgehead atoms. The van der Waals surface area contributed by atoms with Crippen LogP contribution in [0.1, 0.15) is 11.1 Å². The summed E-state index contributed by atoms with van der Waals surface area (Å²) in [5.41, 5.74) is 4.49. The fourth-order valence-electron chi connectivity index (χ4n) is 1.61. The van der Waals surface area contributed by atoms with Crippen LogP contribution in [0.25, 0.3) is 0 Å². The van der Waals surface area contributed by atoms with Crippen molar-refractivity contribution >= 4 is 23.9 Å². The van der Waals surface area contributed by atoms with Gasteiger partial charge in [-0.3, -0.25) is 4.79 Å². The van der Waals surface area contributed by atoms with Gasteiger partial charge in [-0.1, -0.05) is 30.3 Å². The quantitative estimate of drug-likeness (QED) is 0.637. The summed E-state index contributed by atoms with van der Waals surface area (Å²) in [6, 6.07) is 16.6. The smallest absolute Gasteiger partial charge is 0.250 e. The summed E-state index contributed by atoms with van der Waals surface area (Å²) in [5, 5.41) is 13.0. The summed E-state index contributed by atoms with van der Waals surface area (Å²) in [7, 11) is 0. The number of amides is 1. The molecule has 0 unspecified atom stereocenters. The van der Waals surface area contributed by atoms with Crippen molar-refractivity contribution in [2.45, 2.75) is 5.75 Å². The van der Waals surface area contributed by atoms with Gasteiger partial charge in [0.2, 0.25) is 5.91 Å². The Balaban J connectivity index is 1.69. The molecular formula is C16H16N2O2S. The van der Waals surface area contributed by atoms with E-state index < -0.39 is 0 Å². The SMILES string of the molecule is O=C(CSCc1ccccc1)NN=Cc1ccc(O)cc1.